The van der Waals surface area contributed by atoms with Crippen molar-refractivity contribution in [2.45, 2.75) is 62.2 Å². The number of amides is 1. The van der Waals surface area contributed by atoms with Crippen molar-refractivity contribution in [1.29, 1.82) is 0 Å². The number of carbonyl (C=O) groups is 1. The van der Waals surface area contributed by atoms with Gasteiger partial charge in [-0.2, -0.15) is 11.8 Å². The van der Waals surface area contributed by atoms with Gasteiger partial charge in [0.05, 0.1) is 0 Å². The van der Waals surface area contributed by atoms with Gasteiger partial charge >= 0.3 is 6.09 Å². The highest BCUT2D eigenvalue weighted by molar-refractivity contribution is 8.07. The Balaban J connectivity index is 1.74. The second kappa shape index (κ2) is 3.89. The smallest absolute Gasteiger partial charge is 0.407 e. The molecule has 0 spiro atoms. The first-order valence-electron chi connectivity index (χ1n) is 5.59. The van der Waals surface area contributed by atoms with E-state index in [9.17, 15) is 4.79 Å². The summed E-state index contributed by atoms with van der Waals surface area (Å²) in [6.45, 7) is 5.67. The van der Waals surface area contributed by atoms with E-state index in [1.54, 1.807) is 0 Å². The summed E-state index contributed by atoms with van der Waals surface area (Å²) < 4.78 is 5.23. The summed E-state index contributed by atoms with van der Waals surface area (Å²) in [5, 5.41) is 4.65. The van der Waals surface area contributed by atoms with Crippen LogP contribution in [-0.4, -0.2) is 28.2 Å². The molecule has 0 aromatic rings. The SMILES string of the molecule is CC(C)(C)OC(=O)NC1CCC2SC2C1. The van der Waals surface area contributed by atoms with Crippen LogP contribution < -0.4 is 5.32 Å². The fraction of sp³-hybridized carbons (Fsp3) is 0.909. The van der Waals surface area contributed by atoms with E-state index in [0.29, 0.717) is 6.04 Å². The first kappa shape index (κ1) is 11.1. The molecule has 1 aliphatic heterocycles. The minimum atomic E-state index is -0.393. The predicted molar refractivity (Wildman–Crippen MR) is 62.2 cm³/mol. The van der Waals surface area contributed by atoms with Crippen LogP contribution in [0.15, 0.2) is 0 Å². The molecule has 3 atom stereocenters. The zero-order valence-corrected chi connectivity index (χ0v) is 10.4. The van der Waals surface area contributed by atoms with Crippen molar-refractivity contribution in [3.8, 4) is 0 Å². The minimum Gasteiger partial charge on any atom is -0.444 e. The number of alkyl carbamates (subject to hydrolysis) is 1. The molecule has 1 heterocycles. The molecule has 2 rings (SSSR count). The van der Waals surface area contributed by atoms with Crippen molar-refractivity contribution in [2.75, 3.05) is 0 Å². The molecule has 0 aromatic carbocycles. The van der Waals surface area contributed by atoms with E-state index < -0.39 is 5.60 Å². The Hall–Kier alpha value is -0.380. The van der Waals surface area contributed by atoms with E-state index in [0.717, 1.165) is 23.3 Å². The van der Waals surface area contributed by atoms with Crippen LogP contribution in [-0.2, 0) is 4.74 Å². The average molecular weight is 229 g/mol. The molecule has 1 saturated heterocycles. The van der Waals surface area contributed by atoms with Gasteiger partial charge in [-0.05, 0) is 40.0 Å². The summed E-state index contributed by atoms with van der Waals surface area (Å²) in [5.74, 6) is 0. The lowest BCUT2D eigenvalue weighted by Gasteiger charge is -2.25. The quantitative estimate of drug-likeness (QED) is 0.702. The molecule has 3 nitrogen and oxygen atoms in total. The van der Waals surface area contributed by atoms with E-state index >= 15 is 0 Å². The van der Waals surface area contributed by atoms with Crippen molar-refractivity contribution in [1.82, 2.24) is 5.32 Å². The molecule has 4 heteroatoms. The van der Waals surface area contributed by atoms with Crippen LogP contribution in [0, 0.1) is 0 Å². The van der Waals surface area contributed by atoms with Crippen LogP contribution in [0.1, 0.15) is 40.0 Å². The van der Waals surface area contributed by atoms with Crippen LogP contribution in [0.5, 0.6) is 0 Å². The third-order valence-corrected chi connectivity index (χ3v) is 4.20. The molecule has 0 bridgehead atoms. The molecule has 3 unspecified atom stereocenters. The molecule has 0 aromatic heterocycles. The molecular formula is C11H19NO2S. The van der Waals surface area contributed by atoms with Crippen molar-refractivity contribution >= 4 is 17.9 Å². The lowest BCUT2D eigenvalue weighted by Crippen LogP contribution is -2.41. The van der Waals surface area contributed by atoms with Gasteiger partial charge in [0, 0.05) is 16.5 Å². The highest BCUT2D eigenvalue weighted by Crippen LogP contribution is 2.50. The van der Waals surface area contributed by atoms with Gasteiger partial charge in [-0.15, -0.1) is 0 Å². The summed E-state index contributed by atoms with van der Waals surface area (Å²) in [7, 11) is 0. The van der Waals surface area contributed by atoms with Crippen LogP contribution >= 0.6 is 11.8 Å². The fourth-order valence-electron chi connectivity index (χ4n) is 2.01. The number of rotatable bonds is 1. The van der Waals surface area contributed by atoms with Gasteiger partial charge in [0.1, 0.15) is 5.60 Å². The van der Waals surface area contributed by atoms with E-state index in [2.05, 4.69) is 17.1 Å². The Morgan fingerprint density at radius 3 is 2.67 bits per heavy atom. The van der Waals surface area contributed by atoms with Gasteiger partial charge in [0.25, 0.3) is 0 Å². The molecule has 1 aliphatic carbocycles. The van der Waals surface area contributed by atoms with Gasteiger partial charge in [0.15, 0.2) is 0 Å². The second-order valence-electron chi connectivity index (χ2n) is 5.37. The molecule has 1 saturated carbocycles. The molecule has 15 heavy (non-hydrogen) atoms. The van der Waals surface area contributed by atoms with Gasteiger partial charge in [-0.3, -0.25) is 0 Å². The van der Waals surface area contributed by atoms with Gasteiger partial charge in [-0.25, -0.2) is 4.79 Å². The summed E-state index contributed by atoms with van der Waals surface area (Å²) in [6, 6.07) is 0.330. The summed E-state index contributed by atoms with van der Waals surface area (Å²) in [4.78, 5) is 11.5. The molecule has 1 amide bonds. The average Bonchev–Trinajstić information content (AvgIpc) is 2.77. The van der Waals surface area contributed by atoms with Crippen molar-refractivity contribution in [3.63, 3.8) is 0 Å². The lowest BCUT2D eigenvalue weighted by molar-refractivity contribution is 0.0496. The fourth-order valence-corrected chi connectivity index (χ4v) is 3.23. The number of hydrogen-bond donors (Lipinski definition) is 1. The highest BCUT2D eigenvalue weighted by Gasteiger charge is 2.43. The van der Waals surface area contributed by atoms with Crippen LogP contribution in [0.3, 0.4) is 0 Å². The van der Waals surface area contributed by atoms with Crippen LogP contribution in [0.4, 0.5) is 4.79 Å². The monoisotopic (exact) mass is 229 g/mol. The maximum atomic E-state index is 11.5. The van der Waals surface area contributed by atoms with Crippen molar-refractivity contribution in [3.05, 3.63) is 0 Å². The maximum absolute atomic E-state index is 11.5. The number of hydrogen-bond acceptors (Lipinski definition) is 3. The first-order valence-corrected chi connectivity index (χ1v) is 6.53. The second-order valence-corrected chi connectivity index (χ2v) is 6.85. The predicted octanol–water partition coefficient (Wildman–Crippen LogP) is 2.55. The largest absolute Gasteiger partial charge is 0.444 e. The van der Waals surface area contributed by atoms with E-state index in [1.165, 1.54) is 6.42 Å². The third-order valence-electron chi connectivity index (χ3n) is 2.72. The standard InChI is InChI=1S/C11H19NO2S/c1-11(2,3)14-10(13)12-7-4-5-8-9(6-7)15-8/h7-9H,4-6H2,1-3H3,(H,12,13). The summed E-state index contributed by atoms with van der Waals surface area (Å²) in [5.41, 5.74) is -0.393. The molecule has 0 radical (unpaired) electrons. The molecule has 1 N–H and O–H groups in total. The minimum absolute atomic E-state index is 0.267. The zero-order chi connectivity index (χ0) is 11.1. The van der Waals surface area contributed by atoms with E-state index in [1.807, 2.05) is 20.8 Å². The Labute approximate surface area is 95.3 Å². The Morgan fingerprint density at radius 2 is 2.07 bits per heavy atom. The maximum Gasteiger partial charge on any atom is 0.407 e. The summed E-state index contributed by atoms with van der Waals surface area (Å²) in [6.07, 6.45) is 3.20. The van der Waals surface area contributed by atoms with Crippen LogP contribution in [0.25, 0.3) is 0 Å². The number of nitrogens with one attached hydrogen (secondary N) is 1. The van der Waals surface area contributed by atoms with Gasteiger partial charge in [-0.1, -0.05) is 0 Å². The molecule has 86 valence electrons. The van der Waals surface area contributed by atoms with Gasteiger partial charge < -0.3 is 10.1 Å². The first-order chi connectivity index (χ1) is 6.94. The number of thioether (sulfide) groups is 1. The number of carbonyl (C=O) groups excluding carboxylic acids is 1. The zero-order valence-electron chi connectivity index (χ0n) is 9.58. The number of fused-ring (bicyclic) bond motifs is 1. The normalized spacial score (nSPS) is 34.2. The van der Waals surface area contributed by atoms with Gasteiger partial charge in [0.2, 0.25) is 0 Å². The molecular weight excluding hydrogens is 210 g/mol. The highest BCUT2D eigenvalue weighted by atomic mass is 32.2. The Morgan fingerprint density at radius 1 is 1.33 bits per heavy atom. The van der Waals surface area contributed by atoms with E-state index in [-0.39, 0.29) is 6.09 Å². The lowest BCUT2D eigenvalue weighted by atomic mass is 9.96. The Kier molecular flexibility index (Phi) is 2.88. The van der Waals surface area contributed by atoms with Crippen molar-refractivity contribution < 1.29 is 9.53 Å². The third kappa shape index (κ3) is 3.30. The van der Waals surface area contributed by atoms with Crippen LogP contribution in [0.2, 0.25) is 0 Å². The van der Waals surface area contributed by atoms with E-state index in [4.69, 9.17) is 4.74 Å². The summed E-state index contributed by atoms with van der Waals surface area (Å²) >= 11 is 2.05. The topological polar surface area (TPSA) is 38.3 Å². The Bertz CT molecular complexity index is 262. The van der Waals surface area contributed by atoms with Crippen molar-refractivity contribution in [2.24, 2.45) is 0 Å². The molecule has 2 aliphatic rings. The molecule has 2 fully saturated rings. The number of ether oxygens (including phenoxy) is 1.